The van der Waals surface area contributed by atoms with Gasteiger partial charge in [-0.05, 0) is 54.2 Å². The van der Waals surface area contributed by atoms with Gasteiger partial charge in [0.2, 0.25) is 0 Å². The number of H-pyrrole nitrogens is 1. The third-order valence-electron chi connectivity index (χ3n) is 4.98. The first-order valence-corrected chi connectivity index (χ1v) is 9.07. The van der Waals surface area contributed by atoms with Gasteiger partial charge in [0.25, 0.3) is 0 Å². The molecule has 0 aliphatic heterocycles. The van der Waals surface area contributed by atoms with Gasteiger partial charge in [-0.2, -0.15) is 5.10 Å². The Morgan fingerprint density at radius 1 is 1.22 bits per heavy atom. The molecule has 2 aromatic heterocycles. The van der Waals surface area contributed by atoms with Gasteiger partial charge in [0.05, 0.1) is 12.1 Å². The highest BCUT2D eigenvalue weighted by Crippen LogP contribution is 2.27. The Kier molecular flexibility index (Phi) is 4.87. The molecule has 138 valence electrons. The second kappa shape index (κ2) is 7.61. The number of aryl methyl sites for hydroxylation is 1. The van der Waals surface area contributed by atoms with Crippen LogP contribution in [0.5, 0.6) is 5.75 Å². The van der Waals surface area contributed by atoms with Gasteiger partial charge in [-0.3, -0.25) is 14.9 Å². The van der Waals surface area contributed by atoms with Crippen LogP contribution in [0.2, 0.25) is 0 Å². The van der Waals surface area contributed by atoms with E-state index in [1.54, 1.807) is 12.4 Å². The number of rotatable bonds is 6. The summed E-state index contributed by atoms with van der Waals surface area (Å²) in [6.45, 7) is 0.437. The molecule has 1 aliphatic rings. The average Bonchev–Trinajstić information content (AvgIpc) is 3.20. The number of ether oxygens (including phenoxy) is 1. The first kappa shape index (κ1) is 17.3. The normalized spacial score (nSPS) is 15.9. The predicted molar refractivity (Wildman–Crippen MR) is 99.6 cm³/mol. The molecule has 0 radical (unpaired) electrons. The number of aliphatic carboxylic acids is 1. The quantitative estimate of drug-likeness (QED) is 0.702. The second-order valence-electron chi connectivity index (χ2n) is 6.91. The largest absolute Gasteiger partial charge is 0.487 e. The van der Waals surface area contributed by atoms with E-state index in [-0.39, 0.29) is 5.92 Å². The number of carbonyl (C=O) groups is 1. The number of nitrogens with one attached hydrogen (secondary N) is 1. The minimum Gasteiger partial charge on any atom is -0.487 e. The van der Waals surface area contributed by atoms with Crippen molar-refractivity contribution in [2.45, 2.75) is 32.3 Å². The molecule has 6 heteroatoms. The van der Waals surface area contributed by atoms with Gasteiger partial charge >= 0.3 is 5.97 Å². The van der Waals surface area contributed by atoms with Gasteiger partial charge in [-0.25, -0.2) is 0 Å². The Bertz CT molecular complexity index is 920. The molecule has 1 aromatic carbocycles. The zero-order valence-corrected chi connectivity index (χ0v) is 14.9. The van der Waals surface area contributed by atoms with Crippen LogP contribution in [0, 0.1) is 5.92 Å². The van der Waals surface area contributed by atoms with Crippen molar-refractivity contribution < 1.29 is 14.6 Å². The fourth-order valence-corrected chi connectivity index (χ4v) is 3.46. The molecular formula is C21H21N3O3. The third kappa shape index (κ3) is 4.16. The van der Waals surface area contributed by atoms with Gasteiger partial charge in [0, 0.05) is 24.0 Å². The molecule has 0 amide bonds. The van der Waals surface area contributed by atoms with Crippen molar-refractivity contribution in [1.29, 1.82) is 0 Å². The minimum atomic E-state index is -0.705. The highest BCUT2D eigenvalue weighted by molar-refractivity contribution is 5.71. The molecule has 2 heterocycles. The summed E-state index contributed by atoms with van der Waals surface area (Å²) in [4.78, 5) is 15.7. The fourth-order valence-electron chi connectivity index (χ4n) is 3.46. The number of carboxylic acids is 1. The molecule has 0 fully saturated rings. The van der Waals surface area contributed by atoms with Gasteiger partial charge in [-0.1, -0.05) is 18.2 Å². The lowest BCUT2D eigenvalue weighted by atomic mass is 9.83. The van der Waals surface area contributed by atoms with E-state index < -0.39 is 5.97 Å². The maximum Gasteiger partial charge on any atom is 0.306 e. The highest BCUT2D eigenvalue weighted by atomic mass is 16.5. The molecule has 0 bridgehead atoms. The van der Waals surface area contributed by atoms with Crippen molar-refractivity contribution in [1.82, 2.24) is 15.2 Å². The van der Waals surface area contributed by atoms with E-state index in [2.05, 4.69) is 33.4 Å². The van der Waals surface area contributed by atoms with Crippen molar-refractivity contribution in [2.75, 3.05) is 0 Å². The van der Waals surface area contributed by atoms with Crippen LogP contribution in [0.1, 0.15) is 34.5 Å². The highest BCUT2D eigenvalue weighted by Gasteiger charge is 2.24. The average molecular weight is 363 g/mol. The van der Waals surface area contributed by atoms with E-state index in [9.17, 15) is 9.90 Å². The Hall–Kier alpha value is -3.15. The zero-order chi connectivity index (χ0) is 18.6. The number of aromatic amines is 1. The van der Waals surface area contributed by atoms with E-state index in [0.717, 1.165) is 35.4 Å². The molecule has 0 saturated heterocycles. The lowest BCUT2D eigenvalue weighted by Crippen LogP contribution is -2.22. The summed E-state index contributed by atoms with van der Waals surface area (Å²) in [5.74, 6) is -0.270. The molecule has 0 spiro atoms. The van der Waals surface area contributed by atoms with E-state index in [1.807, 2.05) is 18.2 Å². The summed E-state index contributed by atoms with van der Waals surface area (Å²) < 4.78 is 5.85. The van der Waals surface area contributed by atoms with E-state index in [0.29, 0.717) is 25.2 Å². The topological polar surface area (TPSA) is 88.1 Å². The maximum atomic E-state index is 11.3. The smallest absolute Gasteiger partial charge is 0.306 e. The molecule has 27 heavy (non-hydrogen) atoms. The molecule has 0 saturated carbocycles. The fraction of sp³-hybridized carbons (Fsp3) is 0.286. The predicted octanol–water partition coefficient (Wildman–Crippen LogP) is 3.16. The van der Waals surface area contributed by atoms with Crippen LogP contribution >= 0.6 is 0 Å². The van der Waals surface area contributed by atoms with Crippen molar-refractivity contribution in [2.24, 2.45) is 5.92 Å². The van der Waals surface area contributed by atoms with Crippen LogP contribution in [0.25, 0.3) is 0 Å². The van der Waals surface area contributed by atoms with Crippen molar-refractivity contribution >= 4 is 5.97 Å². The third-order valence-corrected chi connectivity index (χ3v) is 4.98. The van der Waals surface area contributed by atoms with Gasteiger partial charge in [0.15, 0.2) is 0 Å². The summed E-state index contributed by atoms with van der Waals surface area (Å²) in [5, 5.41) is 16.1. The van der Waals surface area contributed by atoms with Crippen molar-refractivity contribution in [3.05, 3.63) is 76.9 Å². The Labute approximate surface area is 157 Å². The Balaban J connectivity index is 1.37. The molecule has 1 unspecified atom stereocenters. The summed E-state index contributed by atoms with van der Waals surface area (Å²) in [5.41, 5.74) is 5.38. The SMILES string of the molecule is O=C(O)C1CCc2ccc(COc3ccc(Cc4ccn[nH]4)nc3)cc2C1. The van der Waals surface area contributed by atoms with Crippen molar-refractivity contribution in [3.8, 4) is 5.75 Å². The summed E-state index contributed by atoms with van der Waals surface area (Å²) in [6, 6.07) is 12.0. The molecule has 4 rings (SSSR count). The van der Waals surface area contributed by atoms with Crippen LogP contribution < -0.4 is 4.74 Å². The van der Waals surface area contributed by atoms with E-state index in [1.165, 1.54) is 5.56 Å². The molecule has 3 aromatic rings. The van der Waals surface area contributed by atoms with Crippen molar-refractivity contribution in [3.63, 3.8) is 0 Å². The first-order valence-electron chi connectivity index (χ1n) is 9.07. The van der Waals surface area contributed by atoms with E-state index in [4.69, 9.17) is 4.74 Å². The van der Waals surface area contributed by atoms with Gasteiger partial charge in [-0.15, -0.1) is 0 Å². The number of hydrogen-bond donors (Lipinski definition) is 2. The molecule has 6 nitrogen and oxygen atoms in total. The van der Waals surface area contributed by atoms with Gasteiger partial charge < -0.3 is 9.84 Å². The monoisotopic (exact) mass is 363 g/mol. The molecule has 1 atom stereocenters. The number of aromatic nitrogens is 3. The minimum absolute atomic E-state index is 0.278. The second-order valence-corrected chi connectivity index (χ2v) is 6.91. The number of nitrogens with zero attached hydrogens (tertiary/aromatic N) is 2. The van der Waals surface area contributed by atoms with Crippen LogP contribution in [0.3, 0.4) is 0 Å². The first-order chi connectivity index (χ1) is 13.2. The van der Waals surface area contributed by atoms with Crippen LogP contribution in [0.4, 0.5) is 0 Å². The summed E-state index contributed by atoms with van der Waals surface area (Å²) in [6.07, 6.45) is 6.30. The standard InChI is InChI=1S/C21H21N3O3/c25-21(26)16-4-3-15-2-1-14(9-17(15)10-16)13-27-20-6-5-18(22-12-20)11-19-7-8-23-24-19/h1-2,5-9,12,16H,3-4,10-11,13H2,(H,23,24)(H,25,26). The maximum absolute atomic E-state index is 11.3. The number of pyridine rings is 1. The molecule has 1 aliphatic carbocycles. The molecule has 2 N–H and O–H groups in total. The number of fused-ring (bicyclic) bond motifs is 1. The van der Waals surface area contributed by atoms with Gasteiger partial charge in [0.1, 0.15) is 12.4 Å². The Morgan fingerprint density at radius 3 is 2.89 bits per heavy atom. The number of hydrogen-bond acceptors (Lipinski definition) is 4. The van der Waals surface area contributed by atoms with Crippen LogP contribution in [-0.4, -0.2) is 26.3 Å². The van der Waals surface area contributed by atoms with Crippen LogP contribution in [0.15, 0.2) is 48.8 Å². The lowest BCUT2D eigenvalue weighted by molar-refractivity contribution is -0.142. The Morgan fingerprint density at radius 2 is 2.15 bits per heavy atom. The molecular weight excluding hydrogens is 342 g/mol. The summed E-state index contributed by atoms with van der Waals surface area (Å²) in [7, 11) is 0. The number of benzene rings is 1. The lowest BCUT2D eigenvalue weighted by Gasteiger charge is -2.22. The number of carboxylic acid groups (broad SMARTS) is 1. The summed E-state index contributed by atoms with van der Waals surface area (Å²) >= 11 is 0. The van der Waals surface area contributed by atoms with Crippen LogP contribution in [-0.2, 0) is 30.7 Å². The van der Waals surface area contributed by atoms with E-state index >= 15 is 0 Å². The zero-order valence-electron chi connectivity index (χ0n) is 14.9.